The number of alkyl halides is 12. The Morgan fingerprint density at radius 3 is 1.30 bits per heavy atom. The Labute approximate surface area is 102 Å². The van der Waals surface area contributed by atoms with Crippen LogP contribution in [0.1, 0.15) is 0 Å². The summed E-state index contributed by atoms with van der Waals surface area (Å²) in [4.78, 5) is 0. The van der Waals surface area contributed by atoms with Crippen LogP contribution in [-0.4, -0.2) is 43.3 Å². The summed E-state index contributed by atoms with van der Waals surface area (Å²) < 4.78 is 146. The maximum absolute atomic E-state index is 12.4. The number of ether oxygens (including phenoxy) is 1. The first-order valence-electron chi connectivity index (χ1n) is 4.33. The van der Waals surface area contributed by atoms with Crippen LogP contribution < -0.4 is 0 Å². The summed E-state index contributed by atoms with van der Waals surface area (Å²) in [7, 11) is 0. The summed E-state index contributed by atoms with van der Waals surface area (Å²) in [6.07, 6.45) is -28.3. The van der Waals surface area contributed by atoms with Crippen molar-refractivity contribution in [1.82, 2.24) is 0 Å². The molecule has 0 amide bonds. The van der Waals surface area contributed by atoms with Crippen LogP contribution in [0.3, 0.4) is 0 Å². The van der Waals surface area contributed by atoms with Crippen LogP contribution in [0, 0.1) is 0 Å². The number of hydrogen-bond donors (Lipinski definition) is 0. The fraction of sp³-hybridized carbons (Fsp3) is 1.00. The van der Waals surface area contributed by atoms with E-state index in [9.17, 15) is 52.7 Å². The van der Waals surface area contributed by atoms with Crippen LogP contribution in [0.5, 0.6) is 0 Å². The van der Waals surface area contributed by atoms with Crippen LogP contribution in [0.2, 0.25) is 0 Å². The van der Waals surface area contributed by atoms with Crippen molar-refractivity contribution in [2.45, 2.75) is 36.7 Å². The van der Waals surface area contributed by atoms with E-state index < -0.39 is 43.3 Å². The Kier molecular flexibility index (Phi) is 5.24. The molecule has 0 aromatic carbocycles. The van der Waals surface area contributed by atoms with Gasteiger partial charge in [-0.15, -0.1) is 0 Å². The van der Waals surface area contributed by atoms with Crippen molar-refractivity contribution in [3.8, 4) is 0 Å². The molecule has 2 atom stereocenters. The Hall–Kier alpha value is -0.880. The topological polar surface area (TPSA) is 9.23 Å². The van der Waals surface area contributed by atoms with E-state index in [2.05, 4.69) is 4.74 Å². The Bertz CT molecular complexity index is 285. The summed E-state index contributed by atoms with van der Waals surface area (Å²) in [6.45, 7) is -3.10. The highest BCUT2D eigenvalue weighted by Crippen LogP contribution is 2.39. The van der Waals surface area contributed by atoms with Gasteiger partial charge in [0.1, 0.15) is 6.61 Å². The summed E-state index contributed by atoms with van der Waals surface area (Å²) in [5.41, 5.74) is 0. The van der Waals surface area contributed by atoms with Gasteiger partial charge in [0, 0.05) is 0 Å². The molecule has 0 aromatic rings. The van der Waals surface area contributed by atoms with Gasteiger partial charge in [0.2, 0.25) is 0 Å². The molecule has 0 fully saturated rings. The largest absolute Gasteiger partial charge is 0.428 e. The van der Waals surface area contributed by atoms with E-state index in [1.165, 1.54) is 0 Å². The highest BCUT2D eigenvalue weighted by molar-refractivity contribution is 4.84. The molecular weight excluding hydrogens is 328 g/mol. The van der Waals surface area contributed by atoms with Gasteiger partial charge in [0.15, 0.2) is 0 Å². The van der Waals surface area contributed by atoms with Crippen LogP contribution in [0.25, 0.3) is 0 Å². The number of halogens is 12. The van der Waals surface area contributed by atoms with Gasteiger partial charge < -0.3 is 4.74 Å². The average molecular weight is 332 g/mol. The smallest absolute Gasteiger partial charge is 0.311 e. The zero-order chi connectivity index (χ0) is 16.6. The van der Waals surface area contributed by atoms with E-state index in [1.54, 1.807) is 0 Å². The van der Waals surface area contributed by atoms with E-state index >= 15 is 0 Å². The molecule has 1 nitrogen and oxygen atoms in total. The maximum atomic E-state index is 12.4. The molecule has 0 spiro atoms. The van der Waals surface area contributed by atoms with E-state index in [0.717, 1.165) is 0 Å². The van der Waals surface area contributed by atoms with Gasteiger partial charge in [-0.3, -0.25) is 0 Å². The molecule has 0 N–H and O–H groups in total. The third-order valence-electron chi connectivity index (χ3n) is 1.70. The summed E-state index contributed by atoms with van der Waals surface area (Å²) >= 11 is 0. The van der Waals surface area contributed by atoms with Crippen molar-refractivity contribution in [1.29, 1.82) is 0 Å². The third-order valence-corrected chi connectivity index (χ3v) is 1.70. The lowest BCUT2D eigenvalue weighted by Gasteiger charge is -2.27. The molecule has 0 aliphatic heterocycles. The van der Waals surface area contributed by atoms with E-state index in [1.807, 2.05) is 0 Å². The quantitative estimate of drug-likeness (QED) is 0.691. The first-order valence-corrected chi connectivity index (χ1v) is 4.33. The van der Waals surface area contributed by atoms with Gasteiger partial charge >= 0.3 is 24.4 Å². The second kappa shape index (κ2) is 5.48. The van der Waals surface area contributed by atoms with Crippen LogP contribution in [-0.2, 0) is 4.74 Å². The van der Waals surface area contributed by atoms with Gasteiger partial charge in [0.05, 0.1) is 0 Å². The van der Waals surface area contributed by atoms with Gasteiger partial charge in [-0.05, 0) is 0 Å². The van der Waals surface area contributed by atoms with Gasteiger partial charge in [0.25, 0.3) is 12.3 Å². The minimum Gasteiger partial charge on any atom is -0.311 e. The Morgan fingerprint density at radius 2 is 1.00 bits per heavy atom. The van der Waals surface area contributed by atoms with Gasteiger partial charge in [-0.2, -0.15) is 35.1 Å². The van der Waals surface area contributed by atoms with Gasteiger partial charge in [-0.25, -0.2) is 17.6 Å². The highest BCUT2D eigenvalue weighted by atomic mass is 19.4. The molecule has 0 heterocycles. The molecule has 20 heavy (non-hydrogen) atoms. The predicted octanol–water partition coefficient (Wildman–Crippen LogP) is 4.03. The number of rotatable bonds is 5. The lowest BCUT2D eigenvalue weighted by atomic mass is 10.2. The molecule has 0 saturated heterocycles. The first-order chi connectivity index (χ1) is 8.52. The minimum atomic E-state index is -6.21. The first kappa shape index (κ1) is 19.1. The Balaban J connectivity index is 4.84. The van der Waals surface area contributed by atoms with Crippen molar-refractivity contribution in [2.75, 3.05) is 6.61 Å². The van der Waals surface area contributed by atoms with E-state index in [-0.39, 0.29) is 0 Å². The number of hydrogen-bond acceptors (Lipinski definition) is 1. The van der Waals surface area contributed by atoms with Crippen molar-refractivity contribution < 1.29 is 57.4 Å². The van der Waals surface area contributed by atoms with Crippen LogP contribution in [0.15, 0.2) is 0 Å². The molecule has 0 unspecified atom stereocenters. The molecular formula is C7H4F12O. The summed E-state index contributed by atoms with van der Waals surface area (Å²) in [5, 5.41) is 0. The third kappa shape index (κ3) is 4.90. The highest BCUT2D eigenvalue weighted by Gasteiger charge is 2.62. The summed E-state index contributed by atoms with van der Waals surface area (Å²) in [5.74, 6) is -5.62. The SMILES string of the molecule is F[C@H](C(F)(F)F)C(F)(F)COC(F)(F)[C@H](F)C(F)(F)F. The molecule has 0 rings (SSSR count). The molecule has 122 valence electrons. The normalized spacial score (nSPS) is 18.0. The Morgan fingerprint density at radius 1 is 0.650 bits per heavy atom. The van der Waals surface area contributed by atoms with Crippen LogP contribution >= 0.6 is 0 Å². The standard InChI is InChI=1S/C7H4F12O/c8-2(5(12,13)14)4(10,11)1-20-7(18,19)3(9)6(15,16)17/h2-3H,1H2/t2-,3+/m0/s1. The molecule has 0 aromatic heterocycles. The fourth-order valence-electron chi connectivity index (χ4n) is 0.769. The predicted molar refractivity (Wildman–Crippen MR) is 37.7 cm³/mol. The lowest BCUT2D eigenvalue weighted by molar-refractivity contribution is -0.355. The second-order valence-electron chi connectivity index (χ2n) is 3.42. The average Bonchev–Trinajstić information content (AvgIpc) is 2.22. The molecule has 0 aliphatic rings. The summed E-state index contributed by atoms with van der Waals surface area (Å²) in [6, 6.07) is 0. The van der Waals surface area contributed by atoms with Crippen molar-refractivity contribution in [2.24, 2.45) is 0 Å². The molecule has 13 heteroatoms. The van der Waals surface area contributed by atoms with E-state index in [0.29, 0.717) is 0 Å². The molecule has 0 aliphatic carbocycles. The van der Waals surface area contributed by atoms with E-state index in [4.69, 9.17) is 0 Å². The van der Waals surface area contributed by atoms with Crippen LogP contribution in [0.4, 0.5) is 52.7 Å². The maximum Gasteiger partial charge on any atom is 0.428 e. The van der Waals surface area contributed by atoms with Gasteiger partial charge in [-0.1, -0.05) is 0 Å². The van der Waals surface area contributed by atoms with Crippen molar-refractivity contribution >= 4 is 0 Å². The molecule has 0 bridgehead atoms. The van der Waals surface area contributed by atoms with Crippen molar-refractivity contribution in [3.05, 3.63) is 0 Å². The monoisotopic (exact) mass is 332 g/mol. The zero-order valence-electron chi connectivity index (χ0n) is 8.81. The molecule has 0 saturated carbocycles. The molecule has 0 radical (unpaired) electrons. The minimum absolute atomic E-state index is 2.48. The lowest BCUT2D eigenvalue weighted by Crippen LogP contribution is -2.49. The second-order valence-corrected chi connectivity index (χ2v) is 3.42. The zero-order valence-corrected chi connectivity index (χ0v) is 8.81. The fourth-order valence-corrected chi connectivity index (χ4v) is 0.769. The van der Waals surface area contributed by atoms with Crippen molar-refractivity contribution in [3.63, 3.8) is 0 Å².